The van der Waals surface area contributed by atoms with Gasteiger partial charge in [0.2, 0.25) is 0 Å². The van der Waals surface area contributed by atoms with Crippen LogP contribution in [-0.4, -0.2) is 154 Å². The molecule has 4 rings (SSSR count). The van der Waals surface area contributed by atoms with Crippen molar-refractivity contribution in [1.29, 1.82) is 0 Å². The van der Waals surface area contributed by atoms with E-state index in [1.807, 2.05) is 0 Å². The zero-order chi connectivity index (χ0) is 46.1. The van der Waals surface area contributed by atoms with Gasteiger partial charge in [0, 0.05) is 25.2 Å². The third-order valence-corrected chi connectivity index (χ3v) is 9.69. The van der Waals surface area contributed by atoms with Gasteiger partial charge in [0.15, 0.2) is 23.0 Å². The lowest BCUT2D eigenvalue weighted by Gasteiger charge is -2.25. The van der Waals surface area contributed by atoms with Crippen molar-refractivity contribution in [3.63, 3.8) is 0 Å². The molecule has 0 spiro atoms. The first kappa shape index (κ1) is 48.7. The molecule has 0 saturated carbocycles. The van der Waals surface area contributed by atoms with Gasteiger partial charge in [-0.25, -0.2) is 14.4 Å². The SMILES string of the molecule is C=CCOC(=O)Nc1cc(OCCN(CCOc2cc(NC(=O)OCC=C)c(C(=O)N3CC(=C)C[C@H]3CO)cc2OC)C(=O)OCC=C)c(OC)cc1C(=O)N1CC(=C)C[C@H]1CO. The second-order valence-electron chi connectivity index (χ2n) is 14.1. The number of ether oxygens (including phenoxy) is 7. The molecule has 0 unspecified atom stereocenters. The largest absolute Gasteiger partial charge is 0.493 e. The fraction of sp³-hybridized carbons (Fsp3) is 0.386. The maximum Gasteiger partial charge on any atom is 0.411 e. The molecule has 4 N–H and O–H groups in total. The smallest absolute Gasteiger partial charge is 0.411 e. The van der Waals surface area contributed by atoms with Gasteiger partial charge in [-0.3, -0.25) is 20.2 Å². The molecule has 2 atom stereocenters. The van der Waals surface area contributed by atoms with E-state index >= 15 is 0 Å². The summed E-state index contributed by atoms with van der Waals surface area (Å²) in [5.41, 5.74) is 1.63. The van der Waals surface area contributed by atoms with Gasteiger partial charge in [-0.15, -0.1) is 0 Å². The lowest BCUT2D eigenvalue weighted by molar-refractivity contribution is 0.0674. The number of nitrogens with zero attached hydrogens (tertiary/aromatic N) is 3. The molecule has 0 aliphatic carbocycles. The summed E-state index contributed by atoms with van der Waals surface area (Å²) in [6.45, 7) is 17.7. The fourth-order valence-corrected chi connectivity index (χ4v) is 6.70. The van der Waals surface area contributed by atoms with Crippen molar-refractivity contribution in [2.75, 3.05) is 97.3 Å². The third kappa shape index (κ3) is 13.0. The molecule has 2 aromatic carbocycles. The van der Waals surface area contributed by atoms with Crippen molar-refractivity contribution in [3.8, 4) is 23.0 Å². The number of aliphatic hydroxyl groups is 2. The highest BCUT2D eigenvalue weighted by Crippen LogP contribution is 2.38. The van der Waals surface area contributed by atoms with Crippen molar-refractivity contribution < 1.29 is 67.3 Å². The Kier molecular flexibility index (Phi) is 18.4. The lowest BCUT2D eigenvalue weighted by Crippen LogP contribution is -2.38. The van der Waals surface area contributed by atoms with Crippen molar-refractivity contribution in [3.05, 3.63) is 97.7 Å². The summed E-state index contributed by atoms with van der Waals surface area (Å²) >= 11 is 0. The van der Waals surface area contributed by atoms with E-state index in [2.05, 4.69) is 43.5 Å². The van der Waals surface area contributed by atoms with Gasteiger partial charge in [-0.2, -0.15) is 0 Å². The second-order valence-corrected chi connectivity index (χ2v) is 14.1. The van der Waals surface area contributed by atoms with E-state index in [0.717, 1.165) is 11.1 Å². The molecule has 2 saturated heterocycles. The Bertz CT molecular complexity index is 1920. The number of hydrogen-bond acceptors (Lipinski definition) is 14. The summed E-state index contributed by atoms with van der Waals surface area (Å²) in [6.07, 6.45) is 2.50. The molecule has 2 fully saturated rings. The fourth-order valence-electron chi connectivity index (χ4n) is 6.70. The molecule has 2 heterocycles. The maximum absolute atomic E-state index is 13.8. The lowest BCUT2D eigenvalue weighted by atomic mass is 10.1. The molecule has 63 heavy (non-hydrogen) atoms. The highest BCUT2D eigenvalue weighted by molar-refractivity contribution is 6.05. The quantitative estimate of drug-likeness (QED) is 0.0924. The summed E-state index contributed by atoms with van der Waals surface area (Å²) < 4.78 is 38.8. The minimum Gasteiger partial charge on any atom is -0.493 e. The van der Waals surface area contributed by atoms with E-state index in [-0.39, 0.29) is 118 Å². The second kappa shape index (κ2) is 23.9. The first-order chi connectivity index (χ1) is 30.3. The van der Waals surface area contributed by atoms with Gasteiger partial charge >= 0.3 is 18.3 Å². The zero-order valence-electron chi connectivity index (χ0n) is 35.6. The minimum absolute atomic E-state index is 0.0262. The number of benzene rings is 2. The summed E-state index contributed by atoms with van der Waals surface area (Å²) in [7, 11) is 2.73. The van der Waals surface area contributed by atoms with Crippen molar-refractivity contribution >= 4 is 41.5 Å². The first-order valence-electron chi connectivity index (χ1n) is 19.8. The Labute approximate surface area is 365 Å². The Morgan fingerprint density at radius 3 is 1.43 bits per heavy atom. The van der Waals surface area contributed by atoms with Crippen LogP contribution in [0.3, 0.4) is 0 Å². The monoisotopic (exact) mass is 877 g/mol. The van der Waals surface area contributed by atoms with Crippen LogP contribution in [0.1, 0.15) is 33.6 Å². The van der Waals surface area contributed by atoms with Crippen LogP contribution in [0.2, 0.25) is 0 Å². The predicted octanol–water partition coefficient (Wildman–Crippen LogP) is 4.78. The highest BCUT2D eigenvalue weighted by Gasteiger charge is 2.35. The number of anilines is 2. The van der Waals surface area contributed by atoms with Crippen LogP contribution in [0.15, 0.2) is 86.5 Å². The number of amides is 5. The number of carbonyl (C=O) groups is 5. The molecule has 2 aliphatic rings. The number of hydrogen-bond donors (Lipinski definition) is 4. The number of methoxy groups -OCH3 is 2. The Morgan fingerprint density at radius 1 is 0.667 bits per heavy atom. The molecule has 2 aliphatic heterocycles. The van der Waals surface area contributed by atoms with Crippen LogP contribution in [0.4, 0.5) is 25.8 Å². The Balaban J connectivity index is 1.57. The van der Waals surface area contributed by atoms with E-state index in [1.165, 1.54) is 71.4 Å². The zero-order valence-corrected chi connectivity index (χ0v) is 35.6. The van der Waals surface area contributed by atoms with E-state index in [9.17, 15) is 34.2 Å². The van der Waals surface area contributed by atoms with Crippen LogP contribution < -0.4 is 29.6 Å². The number of rotatable bonds is 22. The number of nitrogens with one attached hydrogen (secondary N) is 2. The first-order valence-corrected chi connectivity index (χ1v) is 19.8. The topological polar surface area (TPSA) is 224 Å². The van der Waals surface area contributed by atoms with Crippen LogP contribution >= 0.6 is 0 Å². The van der Waals surface area contributed by atoms with Gasteiger partial charge in [-0.1, -0.05) is 62.3 Å². The normalized spacial score (nSPS) is 15.5. The minimum atomic E-state index is -0.873. The highest BCUT2D eigenvalue weighted by atomic mass is 16.6. The van der Waals surface area contributed by atoms with E-state index in [4.69, 9.17) is 33.2 Å². The van der Waals surface area contributed by atoms with Crippen LogP contribution in [0.25, 0.3) is 0 Å². The summed E-state index contributed by atoms with van der Waals surface area (Å²) in [6, 6.07) is 4.52. The molecule has 5 amide bonds. The number of carbonyl (C=O) groups excluding carboxylic acids is 5. The van der Waals surface area contributed by atoms with Crippen LogP contribution in [0, 0.1) is 0 Å². The average molecular weight is 878 g/mol. The molecular weight excluding hydrogens is 823 g/mol. The molecule has 19 heteroatoms. The number of aliphatic hydroxyl groups excluding tert-OH is 2. The maximum atomic E-state index is 13.8. The van der Waals surface area contributed by atoms with E-state index in [1.54, 1.807) is 0 Å². The Hall–Kier alpha value is -6.99. The molecular formula is C44H55N5O14. The standard InChI is InChI=1S/C44H55N5O14/c1-8-13-61-42(54)45-34-22-38(36(57-6)20-32(34)40(52)48-24-28(4)18-30(48)26-50)59-16-11-47(44(56)63-15-10-3)12-17-60-39-23-35(46-43(55)62-14-9-2)33(21-37(39)58-7)41(53)49-25-29(5)19-31(49)27-51/h8-10,20-23,30-31,50-51H,1-5,11-19,24-27H2,6-7H3,(H,45,54)(H,46,55)/t30-,31-/m0/s1. The van der Waals surface area contributed by atoms with Gasteiger partial charge in [0.1, 0.15) is 33.0 Å². The number of likely N-dealkylation sites (tertiary alicyclic amines) is 2. The summed E-state index contributed by atoms with van der Waals surface area (Å²) in [5.74, 6) is -0.562. The molecule has 0 radical (unpaired) electrons. The molecule has 0 bridgehead atoms. The molecule has 2 aromatic rings. The Morgan fingerprint density at radius 2 is 1.06 bits per heavy atom. The van der Waals surface area contributed by atoms with Crippen molar-refractivity contribution in [2.24, 2.45) is 0 Å². The summed E-state index contributed by atoms with van der Waals surface area (Å²) in [5, 5.41) is 25.0. The van der Waals surface area contributed by atoms with Crippen LogP contribution in [-0.2, 0) is 14.2 Å². The third-order valence-electron chi connectivity index (χ3n) is 9.69. The van der Waals surface area contributed by atoms with Crippen LogP contribution in [0.5, 0.6) is 23.0 Å². The van der Waals surface area contributed by atoms with Gasteiger partial charge in [0.05, 0.1) is 75.1 Å². The summed E-state index contributed by atoms with van der Waals surface area (Å²) in [4.78, 5) is 70.4. The van der Waals surface area contributed by atoms with E-state index in [0.29, 0.717) is 12.8 Å². The molecule has 340 valence electrons. The van der Waals surface area contributed by atoms with Gasteiger partial charge in [-0.05, 0) is 25.0 Å². The van der Waals surface area contributed by atoms with Crippen molar-refractivity contribution in [2.45, 2.75) is 24.9 Å². The molecule has 0 aromatic heterocycles. The van der Waals surface area contributed by atoms with E-state index < -0.39 is 42.2 Å². The average Bonchev–Trinajstić information content (AvgIpc) is 3.86. The van der Waals surface area contributed by atoms with Gasteiger partial charge in [0.25, 0.3) is 11.8 Å². The van der Waals surface area contributed by atoms with Crippen molar-refractivity contribution in [1.82, 2.24) is 14.7 Å². The predicted molar refractivity (Wildman–Crippen MR) is 232 cm³/mol. The molecule has 19 nitrogen and oxygen atoms in total. The van der Waals surface area contributed by atoms with Gasteiger partial charge < -0.3 is 58.1 Å².